The Morgan fingerprint density at radius 2 is 1.96 bits per heavy atom. The molecular formula is C20H23FN4. The van der Waals surface area contributed by atoms with Crippen LogP contribution in [0.5, 0.6) is 0 Å². The Balaban J connectivity index is 2.05. The van der Waals surface area contributed by atoms with Crippen molar-refractivity contribution in [1.82, 2.24) is 9.88 Å². The van der Waals surface area contributed by atoms with Crippen molar-refractivity contribution >= 4 is 5.82 Å². The van der Waals surface area contributed by atoms with Gasteiger partial charge < -0.3 is 9.80 Å². The number of halogens is 1. The molecule has 1 aromatic heterocycles. The maximum absolute atomic E-state index is 13.9. The van der Waals surface area contributed by atoms with E-state index in [4.69, 9.17) is 5.26 Å². The fraction of sp³-hybridized carbons (Fsp3) is 0.300. The fourth-order valence-corrected chi connectivity index (χ4v) is 2.64. The zero-order valence-corrected chi connectivity index (χ0v) is 14.8. The van der Waals surface area contributed by atoms with Crippen molar-refractivity contribution in [1.29, 1.82) is 5.26 Å². The van der Waals surface area contributed by atoms with Gasteiger partial charge in [0, 0.05) is 43.6 Å². The number of pyridine rings is 1. The van der Waals surface area contributed by atoms with Gasteiger partial charge in [-0.1, -0.05) is 24.8 Å². The second-order valence-corrected chi connectivity index (χ2v) is 5.93. The molecule has 0 N–H and O–H groups in total. The summed E-state index contributed by atoms with van der Waals surface area (Å²) in [6, 6.07) is 5.69. The van der Waals surface area contributed by atoms with E-state index in [9.17, 15) is 4.39 Å². The Bertz CT molecular complexity index is 745. The highest BCUT2D eigenvalue weighted by atomic mass is 19.1. The number of rotatable bonds is 5. The van der Waals surface area contributed by atoms with Gasteiger partial charge in [-0.05, 0) is 32.1 Å². The summed E-state index contributed by atoms with van der Waals surface area (Å²) in [6.45, 7) is 14.3. The zero-order chi connectivity index (χ0) is 18.4. The molecule has 1 fully saturated rings. The van der Waals surface area contributed by atoms with E-state index in [1.165, 1.54) is 0 Å². The van der Waals surface area contributed by atoms with Crippen LogP contribution in [0.25, 0.3) is 0 Å². The quantitative estimate of drug-likeness (QED) is 0.762. The van der Waals surface area contributed by atoms with Crippen molar-refractivity contribution in [2.45, 2.75) is 13.8 Å². The van der Waals surface area contributed by atoms with Gasteiger partial charge in [-0.2, -0.15) is 5.26 Å². The summed E-state index contributed by atoms with van der Waals surface area (Å²) in [5.41, 5.74) is 2.61. The van der Waals surface area contributed by atoms with Gasteiger partial charge in [-0.25, -0.2) is 9.37 Å². The minimum atomic E-state index is -0.470. The van der Waals surface area contributed by atoms with E-state index in [-0.39, 0.29) is 0 Å². The molecular weight excluding hydrogens is 315 g/mol. The van der Waals surface area contributed by atoms with Crippen molar-refractivity contribution in [3.63, 3.8) is 0 Å². The van der Waals surface area contributed by atoms with Crippen LogP contribution in [-0.2, 0) is 0 Å². The lowest BCUT2D eigenvalue weighted by molar-refractivity contribution is 0.326. The monoisotopic (exact) mass is 338 g/mol. The van der Waals surface area contributed by atoms with Crippen LogP contribution in [0.2, 0.25) is 0 Å². The van der Waals surface area contributed by atoms with Gasteiger partial charge in [-0.15, -0.1) is 0 Å². The first-order valence-corrected chi connectivity index (χ1v) is 8.21. The largest absolute Gasteiger partial charge is 0.368 e. The SMILES string of the molecule is C=C(F)/C(=C\C(C)=C/C)C(=C)N1CCN(c2ccc(C#N)cn2)CC1. The second kappa shape index (κ2) is 8.29. The van der Waals surface area contributed by atoms with Crippen LogP contribution in [-0.4, -0.2) is 36.1 Å². The van der Waals surface area contributed by atoms with E-state index in [2.05, 4.69) is 34.0 Å². The number of hydrogen-bond acceptors (Lipinski definition) is 4. The summed E-state index contributed by atoms with van der Waals surface area (Å²) in [5, 5.41) is 8.84. The van der Waals surface area contributed by atoms with Crippen molar-refractivity contribution in [2.24, 2.45) is 0 Å². The van der Waals surface area contributed by atoms with Crippen LogP contribution < -0.4 is 4.90 Å². The Hall–Kier alpha value is -2.87. The van der Waals surface area contributed by atoms with Crippen LogP contribution in [0.1, 0.15) is 19.4 Å². The molecule has 1 aliphatic heterocycles. The third-order valence-corrected chi connectivity index (χ3v) is 4.29. The van der Waals surface area contributed by atoms with Crippen LogP contribution in [0.4, 0.5) is 10.2 Å². The highest BCUT2D eigenvalue weighted by Crippen LogP contribution is 2.25. The average molecular weight is 338 g/mol. The van der Waals surface area contributed by atoms with Gasteiger partial charge in [0.15, 0.2) is 0 Å². The third-order valence-electron chi connectivity index (χ3n) is 4.29. The molecule has 25 heavy (non-hydrogen) atoms. The van der Waals surface area contributed by atoms with Crippen LogP contribution >= 0.6 is 0 Å². The molecule has 2 heterocycles. The molecule has 4 nitrogen and oxygen atoms in total. The third kappa shape index (κ3) is 4.57. The van der Waals surface area contributed by atoms with Crippen molar-refractivity contribution in [3.05, 3.63) is 71.9 Å². The molecule has 2 rings (SSSR count). The smallest absolute Gasteiger partial charge is 0.128 e. The number of aromatic nitrogens is 1. The molecule has 5 heteroatoms. The first kappa shape index (κ1) is 18.5. The zero-order valence-electron chi connectivity index (χ0n) is 14.8. The van der Waals surface area contributed by atoms with E-state index in [1.807, 2.05) is 26.0 Å². The molecule has 0 atom stereocenters. The van der Waals surface area contributed by atoms with E-state index in [1.54, 1.807) is 18.3 Å². The fourth-order valence-electron chi connectivity index (χ4n) is 2.64. The summed E-state index contributed by atoms with van der Waals surface area (Å²) in [6.07, 6.45) is 5.28. The average Bonchev–Trinajstić information content (AvgIpc) is 2.65. The van der Waals surface area contributed by atoms with Crippen molar-refractivity contribution in [2.75, 3.05) is 31.1 Å². The molecule has 0 amide bonds. The van der Waals surface area contributed by atoms with Crippen LogP contribution in [0.15, 0.2) is 66.3 Å². The summed E-state index contributed by atoms with van der Waals surface area (Å²) in [4.78, 5) is 8.54. The summed E-state index contributed by atoms with van der Waals surface area (Å²) in [7, 11) is 0. The predicted molar refractivity (Wildman–Crippen MR) is 99.6 cm³/mol. The molecule has 0 spiro atoms. The highest BCUT2D eigenvalue weighted by Gasteiger charge is 2.21. The van der Waals surface area contributed by atoms with Gasteiger partial charge in [-0.3, -0.25) is 0 Å². The Kier molecular flexibility index (Phi) is 6.13. The molecule has 0 aliphatic carbocycles. The van der Waals surface area contributed by atoms with Crippen molar-refractivity contribution < 1.29 is 4.39 Å². The van der Waals surface area contributed by atoms with Gasteiger partial charge >= 0.3 is 0 Å². The van der Waals surface area contributed by atoms with Gasteiger partial charge in [0.1, 0.15) is 17.7 Å². The van der Waals surface area contributed by atoms with E-state index in [0.717, 1.165) is 37.6 Å². The molecule has 0 bridgehead atoms. The lowest BCUT2D eigenvalue weighted by Crippen LogP contribution is -2.46. The van der Waals surface area contributed by atoms with Crippen LogP contribution in [0, 0.1) is 11.3 Å². The molecule has 1 saturated heterocycles. The Morgan fingerprint density at radius 3 is 2.44 bits per heavy atom. The lowest BCUT2D eigenvalue weighted by Gasteiger charge is -2.38. The predicted octanol–water partition coefficient (Wildman–Crippen LogP) is 3.96. The van der Waals surface area contributed by atoms with Gasteiger partial charge in [0.05, 0.1) is 5.56 Å². The lowest BCUT2D eigenvalue weighted by atomic mass is 10.1. The van der Waals surface area contributed by atoms with Gasteiger partial charge in [0.2, 0.25) is 0 Å². The van der Waals surface area contributed by atoms with E-state index < -0.39 is 5.83 Å². The summed E-state index contributed by atoms with van der Waals surface area (Å²) < 4.78 is 13.9. The number of anilines is 1. The standard InChI is InChI=1S/C20H23FN4/c1-5-15(2)12-19(16(3)21)17(4)24-8-10-25(11-9-24)20-7-6-18(13-22)14-23-20/h5-7,12,14H,3-4,8-11H2,1-2H3/b15-5-,19-12+. The Labute approximate surface area is 148 Å². The minimum absolute atomic E-state index is 0.445. The summed E-state index contributed by atoms with van der Waals surface area (Å²) >= 11 is 0. The molecule has 0 radical (unpaired) electrons. The number of nitriles is 1. The van der Waals surface area contributed by atoms with E-state index in [0.29, 0.717) is 16.8 Å². The number of allylic oxidation sites excluding steroid dienone is 4. The summed E-state index contributed by atoms with van der Waals surface area (Å²) in [5.74, 6) is 0.377. The topological polar surface area (TPSA) is 43.2 Å². The number of nitrogens with zero attached hydrogens (tertiary/aromatic N) is 4. The Morgan fingerprint density at radius 1 is 1.28 bits per heavy atom. The second-order valence-electron chi connectivity index (χ2n) is 5.93. The molecule has 1 aliphatic rings. The van der Waals surface area contributed by atoms with E-state index >= 15 is 0 Å². The van der Waals surface area contributed by atoms with Gasteiger partial charge in [0.25, 0.3) is 0 Å². The first-order valence-electron chi connectivity index (χ1n) is 8.21. The molecule has 130 valence electrons. The maximum atomic E-state index is 13.9. The number of piperazine rings is 1. The first-order chi connectivity index (χ1) is 12.0. The highest BCUT2D eigenvalue weighted by molar-refractivity contribution is 5.46. The minimum Gasteiger partial charge on any atom is -0.368 e. The molecule has 0 saturated carbocycles. The normalized spacial score (nSPS) is 15.8. The molecule has 0 aromatic carbocycles. The molecule has 1 aromatic rings. The van der Waals surface area contributed by atoms with Crippen molar-refractivity contribution in [3.8, 4) is 6.07 Å². The number of hydrogen-bond donors (Lipinski definition) is 0. The molecule has 0 unspecified atom stereocenters. The maximum Gasteiger partial charge on any atom is 0.128 e. The van der Waals surface area contributed by atoms with Crippen LogP contribution in [0.3, 0.4) is 0 Å².